The Kier molecular flexibility index (Phi) is 2.99. The number of allylic oxidation sites excluding steroid dienone is 2. The third kappa shape index (κ3) is 1.97. The molecular weight excluding hydrogens is 178 g/mol. The maximum absolute atomic E-state index is 11.7. The van der Waals surface area contributed by atoms with Crippen molar-refractivity contribution in [1.82, 2.24) is 4.90 Å². The van der Waals surface area contributed by atoms with Gasteiger partial charge in [-0.25, -0.2) is 0 Å². The number of carbonyl (C=O) groups excluding carboxylic acids is 1. The molecule has 0 saturated carbocycles. The van der Waals surface area contributed by atoms with Crippen LogP contribution in [0.3, 0.4) is 0 Å². The second kappa shape index (κ2) is 3.86. The lowest BCUT2D eigenvalue weighted by Crippen LogP contribution is -2.29. The summed E-state index contributed by atoms with van der Waals surface area (Å²) < 4.78 is 0. The monoisotopic (exact) mass is 195 g/mol. The summed E-state index contributed by atoms with van der Waals surface area (Å²) >= 11 is 0. The molecule has 0 aromatic rings. The molecule has 0 fully saturated rings. The van der Waals surface area contributed by atoms with Crippen LogP contribution in [0, 0.1) is 11.8 Å². The molecular formula is C11H17NO2. The van der Waals surface area contributed by atoms with Gasteiger partial charge in [-0.15, -0.1) is 0 Å². The lowest BCUT2D eigenvalue weighted by Gasteiger charge is -2.25. The van der Waals surface area contributed by atoms with Crippen LogP contribution in [0.2, 0.25) is 0 Å². The Morgan fingerprint density at radius 1 is 1.43 bits per heavy atom. The van der Waals surface area contributed by atoms with E-state index in [4.69, 9.17) is 0 Å². The molecule has 0 saturated heterocycles. The molecule has 1 amide bonds. The van der Waals surface area contributed by atoms with Crippen molar-refractivity contribution in [2.75, 3.05) is 14.1 Å². The topological polar surface area (TPSA) is 40.5 Å². The number of aliphatic hydroxyl groups is 1. The van der Waals surface area contributed by atoms with Crippen molar-refractivity contribution < 1.29 is 9.90 Å². The van der Waals surface area contributed by atoms with E-state index in [1.54, 1.807) is 26.2 Å². The number of carbonyl (C=O) groups is 1. The van der Waals surface area contributed by atoms with Crippen LogP contribution in [0.4, 0.5) is 0 Å². The Morgan fingerprint density at radius 3 is 2.50 bits per heavy atom. The van der Waals surface area contributed by atoms with Gasteiger partial charge in [-0.2, -0.15) is 0 Å². The fourth-order valence-corrected chi connectivity index (χ4v) is 1.55. The standard InChI is InChI=1S/C11H17NO2/c1-7-5-9(13)6-10(8(7)2)11(14)12(3)4/h5-8,13H,1-4H3. The quantitative estimate of drug-likeness (QED) is 0.692. The molecule has 1 N–H and O–H groups in total. The zero-order chi connectivity index (χ0) is 10.9. The zero-order valence-corrected chi connectivity index (χ0v) is 9.11. The highest BCUT2D eigenvalue weighted by Crippen LogP contribution is 2.28. The summed E-state index contributed by atoms with van der Waals surface area (Å²) in [5.74, 6) is 0.546. The Morgan fingerprint density at radius 2 is 2.00 bits per heavy atom. The summed E-state index contributed by atoms with van der Waals surface area (Å²) in [6, 6.07) is 0. The summed E-state index contributed by atoms with van der Waals surface area (Å²) in [6.45, 7) is 4.00. The van der Waals surface area contributed by atoms with Crippen molar-refractivity contribution in [3.63, 3.8) is 0 Å². The minimum absolute atomic E-state index is 0.0241. The number of hydrogen-bond donors (Lipinski definition) is 1. The highest BCUT2D eigenvalue weighted by Gasteiger charge is 2.25. The predicted molar refractivity (Wildman–Crippen MR) is 55.8 cm³/mol. The van der Waals surface area contributed by atoms with Gasteiger partial charge in [-0.05, 0) is 24.0 Å². The number of hydrogen-bond acceptors (Lipinski definition) is 2. The molecule has 2 atom stereocenters. The van der Waals surface area contributed by atoms with E-state index in [0.717, 1.165) is 0 Å². The number of amides is 1. The first-order valence-corrected chi connectivity index (χ1v) is 4.77. The van der Waals surface area contributed by atoms with Crippen LogP contribution in [0.15, 0.2) is 23.5 Å². The fourth-order valence-electron chi connectivity index (χ4n) is 1.55. The number of nitrogens with zero attached hydrogens (tertiary/aromatic N) is 1. The average molecular weight is 195 g/mol. The van der Waals surface area contributed by atoms with Gasteiger partial charge in [0.05, 0.1) is 0 Å². The largest absolute Gasteiger partial charge is 0.508 e. The molecule has 0 aromatic heterocycles. The minimum atomic E-state index is -0.0241. The third-order valence-corrected chi connectivity index (χ3v) is 2.67. The summed E-state index contributed by atoms with van der Waals surface area (Å²) in [4.78, 5) is 13.3. The second-order valence-electron chi connectivity index (χ2n) is 4.04. The molecule has 78 valence electrons. The SMILES string of the molecule is CC1C=C(O)C=C(C(=O)N(C)C)C1C. The first kappa shape index (κ1) is 10.8. The van der Waals surface area contributed by atoms with Gasteiger partial charge in [0.25, 0.3) is 0 Å². The zero-order valence-electron chi connectivity index (χ0n) is 9.11. The Hall–Kier alpha value is -1.25. The van der Waals surface area contributed by atoms with Gasteiger partial charge in [0.15, 0.2) is 0 Å². The van der Waals surface area contributed by atoms with Crippen molar-refractivity contribution in [3.05, 3.63) is 23.5 Å². The van der Waals surface area contributed by atoms with E-state index in [2.05, 4.69) is 0 Å². The lowest BCUT2D eigenvalue weighted by molar-refractivity contribution is -0.125. The van der Waals surface area contributed by atoms with Crippen LogP contribution >= 0.6 is 0 Å². The minimum Gasteiger partial charge on any atom is -0.508 e. The van der Waals surface area contributed by atoms with Crippen LogP contribution in [0.5, 0.6) is 0 Å². The predicted octanol–water partition coefficient (Wildman–Crippen LogP) is 1.73. The highest BCUT2D eigenvalue weighted by molar-refractivity contribution is 5.94. The molecule has 14 heavy (non-hydrogen) atoms. The van der Waals surface area contributed by atoms with E-state index in [1.807, 2.05) is 13.8 Å². The average Bonchev–Trinajstić information content (AvgIpc) is 2.09. The smallest absolute Gasteiger partial charge is 0.249 e. The summed E-state index contributed by atoms with van der Waals surface area (Å²) in [5, 5.41) is 9.41. The molecule has 2 unspecified atom stereocenters. The van der Waals surface area contributed by atoms with E-state index in [9.17, 15) is 9.90 Å². The van der Waals surface area contributed by atoms with Crippen LogP contribution < -0.4 is 0 Å². The summed E-state index contributed by atoms with van der Waals surface area (Å²) in [7, 11) is 3.44. The Labute approximate surface area is 84.7 Å². The molecule has 1 rings (SSSR count). The fraction of sp³-hybridized carbons (Fsp3) is 0.545. The van der Waals surface area contributed by atoms with Crippen LogP contribution in [-0.4, -0.2) is 30.0 Å². The van der Waals surface area contributed by atoms with Gasteiger partial charge in [0, 0.05) is 19.7 Å². The molecule has 0 heterocycles. The Bertz CT molecular complexity index is 302. The van der Waals surface area contributed by atoms with Gasteiger partial charge in [-0.1, -0.05) is 13.8 Å². The molecule has 0 radical (unpaired) electrons. The van der Waals surface area contributed by atoms with E-state index >= 15 is 0 Å². The van der Waals surface area contributed by atoms with Crippen molar-refractivity contribution in [2.24, 2.45) is 11.8 Å². The molecule has 0 aliphatic heterocycles. The second-order valence-corrected chi connectivity index (χ2v) is 4.04. The van der Waals surface area contributed by atoms with Crippen molar-refractivity contribution in [2.45, 2.75) is 13.8 Å². The van der Waals surface area contributed by atoms with Crippen molar-refractivity contribution in [3.8, 4) is 0 Å². The van der Waals surface area contributed by atoms with Crippen molar-refractivity contribution >= 4 is 5.91 Å². The van der Waals surface area contributed by atoms with Gasteiger partial charge < -0.3 is 10.0 Å². The number of rotatable bonds is 1. The van der Waals surface area contributed by atoms with E-state index in [0.29, 0.717) is 5.57 Å². The molecule has 0 spiro atoms. The van der Waals surface area contributed by atoms with E-state index < -0.39 is 0 Å². The van der Waals surface area contributed by atoms with Crippen LogP contribution in [0.1, 0.15) is 13.8 Å². The first-order valence-electron chi connectivity index (χ1n) is 4.77. The molecule has 3 heteroatoms. The molecule has 0 aromatic carbocycles. The molecule has 0 bridgehead atoms. The molecule has 1 aliphatic carbocycles. The van der Waals surface area contributed by atoms with Gasteiger partial charge in [0.1, 0.15) is 5.76 Å². The summed E-state index contributed by atoms with van der Waals surface area (Å²) in [5.41, 5.74) is 0.683. The third-order valence-electron chi connectivity index (χ3n) is 2.67. The maximum Gasteiger partial charge on any atom is 0.249 e. The number of aliphatic hydroxyl groups excluding tert-OH is 1. The van der Waals surface area contributed by atoms with E-state index in [1.165, 1.54) is 4.90 Å². The first-order chi connectivity index (χ1) is 6.43. The Balaban J connectivity index is 2.97. The lowest BCUT2D eigenvalue weighted by atomic mass is 9.83. The maximum atomic E-state index is 11.7. The van der Waals surface area contributed by atoms with Gasteiger partial charge >= 0.3 is 0 Å². The molecule has 3 nitrogen and oxygen atoms in total. The van der Waals surface area contributed by atoms with Gasteiger partial charge in [0.2, 0.25) is 5.91 Å². The van der Waals surface area contributed by atoms with Crippen LogP contribution in [0.25, 0.3) is 0 Å². The summed E-state index contributed by atoms with van der Waals surface area (Å²) in [6.07, 6.45) is 3.34. The van der Waals surface area contributed by atoms with Gasteiger partial charge in [-0.3, -0.25) is 4.79 Å². The highest BCUT2D eigenvalue weighted by atomic mass is 16.3. The van der Waals surface area contributed by atoms with Crippen LogP contribution in [-0.2, 0) is 4.79 Å². The normalized spacial score (nSPS) is 26.6. The number of likely N-dealkylation sites (N-methyl/N-ethyl adjacent to an activating group) is 1. The molecule has 1 aliphatic rings. The van der Waals surface area contributed by atoms with E-state index in [-0.39, 0.29) is 23.5 Å². The van der Waals surface area contributed by atoms with Crippen molar-refractivity contribution in [1.29, 1.82) is 0 Å².